The monoisotopic (exact) mass is 435 g/mol. The highest BCUT2D eigenvalue weighted by molar-refractivity contribution is 6.31. The summed E-state index contributed by atoms with van der Waals surface area (Å²) in [5.41, 5.74) is -0.662. The highest BCUT2D eigenvalue weighted by atomic mass is 35.5. The Kier molecular flexibility index (Phi) is 7.23. The van der Waals surface area contributed by atoms with Crippen molar-refractivity contribution in [1.82, 2.24) is 15.1 Å². The van der Waals surface area contributed by atoms with Crippen LogP contribution in [0, 0.1) is 6.92 Å². The Hall–Kier alpha value is -2.62. The molecule has 29 heavy (non-hydrogen) atoms. The van der Waals surface area contributed by atoms with E-state index in [2.05, 4.69) is 10.4 Å². The van der Waals surface area contributed by atoms with E-state index in [4.69, 9.17) is 25.8 Å². The van der Waals surface area contributed by atoms with Crippen LogP contribution in [0.5, 0.6) is 17.2 Å². The second kappa shape index (κ2) is 9.25. The summed E-state index contributed by atoms with van der Waals surface area (Å²) < 4.78 is 55.4. The molecule has 0 aliphatic carbocycles. The minimum Gasteiger partial charge on any atom is -0.493 e. The van der Waals surface area contributed by atoms with Crippen molar-refractivity contribution < 1.29 is 32.2 Å². The molecular formula is C18H21ClF3N3O4. The Morgan fingerprint density at radius 3 is 2.34 bits per heavy atom. The first-order valence-electron chi connectivity index (χ1n) is 8.52. The summed E-state index contributed by atoms with van der Waals surface area (Å²) in [6, 6.07) is 3.10. The van der Waals surface area contributed by atoms with E-state index in [0.29, 0.717) is 12.2 Å². The topological polar surface area (TPSA) is 74.6 Å². The highest BCUT2D eigenvalue weighted by Gasteiger charge is 2.38. The van der Waals surface area contributed by atoms with Crippen LogP contribution >= 0.6 is 11.6 Å². The van der Waals surface area contributed by atoms with Gasteiger partial charge in [-0.25, -0.2) is 0 Å². The number of nitrogens with zero attached hydrogens (tertiary/aromatic N) is 2. The van der Waals surface area contributed by atoms with Crippen molar-refractivity contribution in [2.24, 2.45) is 0 Å². The molecule has 1 aromatic heterocycles. The van der Waals surface area contributed by atoms with Gasteiger partial charge in [-0.15, -0.1) is 0 Å². The van der Waals surface area contributed by atoms with Gasteiger partial charge in [-0.05, 0) is 25.5 Å². The zero-order valence-electron chi connectivity index (χ0n) is 16.3. The SMILES string of the molecule is COc1ccc(C(=O)NCCCn2nc(C(F)(F)F)c(Cl)c2C)c(OC)c1OC. The third-order valence-corrected chi connectivity index (χ3v) is 4.64. The van der Waals surface area contributed by atoms with Crippen molar-refractivity contribution in [2.45, 2.75) is 26.1 Å². The number of aromatic nitrogens is 2. The first kappa shape index (κ1) is 22.7. The van der Waals surface area contributed by atoms with Crippen LogP contribution < -0.4 is 19.5 Å². The summed E-state index contributed by atoms with van der Waals surface area (Å²) in [7, 11) is 4.29. The van der Waals surface area contributed by atoms with E-state index in [1.807, 2.05) is 0 Å². The van der Waals surface area contributed by atoms with E-state index in [-0.39, 0.29) is 35.8 Å². The van der Waals surface area contributed by atoms with Crippen LogP contribution in [-0.2, 0) is 12.7 Å². The molecule has 0 bridgehead atoms. The largest absolute Gasteiger partial charge is 0.493 e. The van der Waals surface area contributed by atoms with E-state index in [0.717, 1.165) is 0 Å². The number of amides is 1. The first-order valence-corrected chi connectivity index (χ1v) is 8.90. The molecule has 1 amide bonds. The number of rotatable bonds is 8. The van der Waals surface area contributed by atoms with Crippen LogP contribution in [0.3, 0.4) is 0 Å². The lowest BCUT2D eigenvalue weighted by Crippen LogP contribution is -2.26. The van der Waals surface area contributed by atoms with Gasteiger partial charge in [0.2, 0.25) is 5.75 Å². The fraction of sp³-hybridized carbons (Fsp3) is 0.444. The van der Waals surface area contributed by atoms with Gasteiger partial charge in [0.1, 0.15) is 0 Å². The van der Waals surface area contributed by atoms with Crippen LogP contribution in [0.15, 0.2) is 12.1 Å². The highest BCUT2D eigenvalue weighted by Crippen LogP contribution is 2.39. The second-order valence-corrected chi connectivity index (χ2v) is 6.34. The minimum atomic E-state index is -4.62. The molecule has 0 fully saturated rings. The molecule has 0 saturated carbocycles. The summed E-state index contributed by atoms with van der Waals surface area (Å²) in [4.78, 5) is 12.5. The van der Waals surface area contributed by atoms with Crippen molar-refractivity contribution in [2.75, 3.05) is 27.9 Å². The fourth-order valence-electron chi connectivity index (χ4n) is 2.73. The number of aryl methyl sites for hydroxylation is 1. The lowest BCUT2D eigenvalue weighted by Gasteiger charge is -2.15. The summed E-state index contributed by atoms with van der Waals surface area (Å²) in [6.07, 6.45) is -4.28. The van der Waals surface area contributed by atoms with Crippen LogP contribution in [0.4, 0.5) is 13.2 Å². The zero-order valence-corrected chi connectivity index (χ0v) is 17.1. The molecule has 0 radical (unpaired) electrons. The number of carbonyl (C=O) groups is 1. The van der Waals surface area contributed by atoms with E-state index < -0.39 is 22.8 Å². The maximum atomic E-state index is 12.9. The maximum Gasteiger partial charge on any atom is 0.436 e. The minimum absolute atomic E-state index is 0.158. The zero-order chi connectivity index (χ0) is 21.8. The van der Waals surface area contributed by atoms with Gasteiger partial charge in [0.25, 0.3) is 5.91 Å². The lowest BCUT2D eigenvalue weighted by atomic mass is 10.1. The molecule has 1 heterocycles. The number of hydrogen-bond donors (Lipinski definition) is 1. The number of halogens is 4. The molecular weight excluding hydrogens is 415 g/mol. The van der Waals surface area contributed by atoms with E-state index in [9.17, 15) is 18.0 Å². The van der Waals surface area contributed by atoms with Gasteiger partial charge in [-0.1, -0.05) is 11.6 Å². The Balaban J connectivity index is 2.03. The molecule has 1 aromatic carbocycles. The number of hydrogen-bond acceptors (Lipinski definition) is 5. The van der Waals surface area contributed by atoms with Crippen LogP contribution in [0.25, 0.3) is 0 Å². The average molecular weight is 436 g/mol. The molecule has 7 nitrogen and oxygen atoms in total. The normalized spacial score (nSPS) is 11.3. The number of nitrogens with one attached hydrogen (secondary N) is 1. The Morgan fingerprint density at radius 2 is 1.83 bits per heavy atom. The molecule has 2 aromatic rings. The van der Waals surface area contributed by atoms with Gasteiger partial charge < -0.3 is 19.5 Å². The van der Waals surface area contributed by atoms with Crippen molar-refractivity contribution >= 4 is 17.5 Å². The predicted octanol–water partition coefficient (Wildman–Crippen LogP) is 3.71. The van der Waals surface area contributed by atoms with Crippen molar-refractivity contribution in [3.05, 3.63) is 34.1 Å². The summed E-state index contributed by atoms with van der Waals surface area (Å²) in [5.74, 6) is 0.486. The number of alkyl halides is 3. The van der Waals surface area contributed by atoms with Gasteiger partial charge in [-0.3, -0.25) is 9.48 Å². The van der Waals surface area contributed by atoms with E-state index in [1.165, 1.54) is 39.0 Å². The third kappa shape index (κ3) is 4.87. The van der Waals surface area contributed by atoms with Gasteiger partial charge in [0, 0.05) is 13.1 Å². The van der Waals surface area contributed by atoms with Crippen LogP contribution in [0.1, 0.15) is 28.2 Å². The quantitative estimate of drug-likeness (QED) is 0.640. The number of ether oxygens (including phenoxy) is 3. The molecule has 160 valence electrons. The molecule has 2 rings (SSSR count). The smallest absolute Gasteiger partial charge is 0.436 e. The Bertz CT molecular complexity index is 884. The molecule has 0 spiro atoms. The van der Waals surface area contributed by atoms with Gasteiger partial charge >= 0.3 is 6.18 Å². The molecule has 0 atom stereocenters. The molecule has 0 aliphatic rings. The predicted molar refractivity (Wildman–Crippen MR) is 100 cm³/mol. The molecule has 0 aliphatic heterocycles. The van der Waals surface area contributed by atoms with Crippen LogP contribution in [-0.4, -0.2) is 43.6 Å². The summed E-state index contributed by atoms with van der Waals surface area (Å²) in [5, 5.41) is 5.79. The maximum absolute atomic E-state index is 12.9. The standard InChI is InChI=1S/C18H21ClF3N3O4/c1-10-13(19)16(18(20,21)22)24-25(10)9-5-8-23-17(26)11-6-7-12(27-2)15(29-4)14(11)28-3/h6-7H,5,8-9H2,1-4H3,(H,23,26). The molecule has 0 saturated heterocycles. The lowest BCUT2D eigenvalue weighted by molar-refractivity contribution is -0.141. The third-order valence-electron chi connectivity index (χ3n) is 4.18. The number of carbonyl (C=O) groups excluding carboxylic acids is 1. The van der Waals surface area contributed by atoms with Crippen molar-refractivity contribution in [3.8, 4) is 17.2 Å². The Morgan fingerprint density at radius 1 is 1.17 bits per heavy atom. The summed E-state index contributed by atoms with van der Waals surface area (Å²) in [6.45, 7) is 1.82. The van der Waals surface area contributed by atoms with Crippen LogP contribution in [0.2, 0.25) is 5.02 Å². The van der Waals surface area contributed by atoms with Crippen molar-refractivity contribution in [3.63, 3.8) is 0 Å². The summed E-state index contributed by atoms with van der Waals surface area (Å²) >= 11 is 5.72. The fourth-order valence-corrected chi connectivity index (χ4v) is 2.97. The second-order valence-electron chi connectivity index (χ2n) is 5.96. The molecule has 11 heteroatoms. The van der Waals surface area contributed by atoms with E-state index in [1.54, 1.807) is 6.07 Å². The first-order chi connectivity index (χ1) is 13.6. The van der Waals surface area contributed by atoms with E-state index >= 15 is 0 Å². The molecule has 0 unspecified atom stereocenters. The molecule has 1 N–H and O–H groups in total. The van der Waals surface area contributed by atoms with Gasteiger partial charge in [0.15, 0.2) is 17.2 Å². The van der Waals surface area contributed by atoms with Crippen molar-refractivity contribution in [1.29, 1.82) is 0 Å². The van der Waals surface area contributed by atoms with Gasteiger partial charge in [0.05, 0.1) is 37.6 Å². The number of benzene rings is 1. The average Bonchev–Trinajstić information content (AvgIpc) is 2.98. The van der Waals surface area contributed by atoms with Gasteiger partial charge in [-0.2, -0.15) is 18.3 Å². The number of methoxy groups -OCH3 is 3. The Labute approximate surface area is 170 Å².